The molecule has 0 radical (unpaired) electrons. The molecule has 114 valence electrons. The molecule has 0 heterocycles. The van der Waals surface area contributed by atoms with Gasteiger partial charge >= 0.3 is 0 Å². The highest BCUT2D eigenvalue weighted by molar-refractivity contribution is 7.92. The topological polar surface area (TPSA) is 46.2 Å². The van der Waals surface area contributed by atoms with E-state index in [9.17, 15) is 8.42 Å². The van der Waals surface area contributed by atoms with Gasteiger partial charge in [-0.15, -0.1) is 0 Å². The van der Waals surface area contributed by atoms with E-state index in [4.69, 9.17) is 0 Å². The van der Waals surface area contributed by atoms with Crippen LogP contribution in [0.5, 0.6) is 0 Å². The van der Waals surface area contributed by atoms with Gasteiger partial charge in [0, 0.05) is 6.04 Å². The van der Waals surface area contributed by atoms with Gasteiger partial charge in [-0.05, 0) is 43.6 Å². The van der Waals surface area contributed by atoms with Crippen LogP contribution >= 0.6 is 0 Å². The van der Waals surface area contributed by atoms with Crippen LogP contribution in [0.3, 0.4) is 0 Å². The summed E-state index contributed by atoms with van der Waals surface area (Å²) in [5, 5.41) is 3.26. The van der Waals surface area contributed by atoms with E-state index in [1.165, 1.54) is 0 Å². The number of hydrogen-bond donors (Lipinski definition) is 1. The summed E-state index contributed by atoms with van der Waals surface area (Å²) >= 11 is 0. The maximum Gasteiger partial charge on any atom is 0.154 e. The molecule has 0 bridgehead atoms. The molecule has 2 unspecified atom stereocenters. The zero-order valence-corrected chi connectivity index (χ0v) is 14.0. The van der Waals surface area contributed by atoms with Gasteiger partial charge in [-0.3, -0.25) is 0 Å². The Morgan fingerprint density at radius 3 is 2.47 bits per heavy atom. The molecule has 1 aliphatic rings. The van der Waals surface area contributed by atoms with Crippen molar-refractivity contribution in [1.29, 1.82) is 0 Å². The summed E-state index contributed by atoms with van der Waals surface area (Å²) in [7, 11) is -3.00. The van der Waals surface area contributed by atoms with E-state index < -0.39 is 9.84 Å². The minimum Gasteiger partial charge on any atom is -0.313 e. The first-order chi connectivity index (χ1) is 8.68. The lowest BCUT2D eigenvalue weighted by molar-refractivity contribution is 0.209. The van der Waals surface area contributed by atoms with Gasteiger partial charge in [0.1, 0.15) is 0 Å². The third kappa shape index (κ3) is 5.07. The molecule has 1 aliphatic carbocycles. The number of nitrogens with one attached hydrogen (secondary N) is 1. The van der Waals surface area contributed by atoms with Crippen LogP contribution in [0.4, 0.5) is 0 Å². The molecule has 4 heteroatoms. The SMILES string of the molecule is CCCNC1CCC(C)(C)CC1S(=O)(=O)CC(C)C. The maximum absolute atomic E-state index is 12.6. The maximum atomic E-state index is 12.6. The fourth-order valence-electron chi connectivity index (χ4n) is 3.05. The Balaban J connectivity index is 2.87. The number of rotatable bonds is 6. The lowest BCUT2D eigenvalue weighted by Crippen LogP contribution is -2.51. The molecule has 1 saturated carbocycles. The summed E-state index contributed by atoms with van der Waals surface area (Å²) in [4.78, 5) is 0. The van der Waals surface area contributed by atoms with Crippen LogP contribution in [0.25, 0.3) is 0 Å². The van der Waals surface area contributed by atoms with Gasteiger partial charge in [0.15, 0.2) is 9.84 Å². The molecule has 3 nitrogen and oxygen atoms in total. The van der Waals surface area contributed by atoms with Gasteiger partial charge in [-0.25, -0.2) is 8.42 Å². The second-order valence-electron chi connectivity index (χ2n) is 7.23. The minimum absolute atomic E-state index is 0.150. The van der Waals surface area contributed by atoms with Crippen molar-refractivity contribution in [3.8, 4) is 0 Å². The second-order valence-corrected chi connectivity index (χ2v) is 9.49. The summed E-state index contributed by atoms with van der Waals surface area (Å²) in [6.45, 7) is 11.4. The van der Waals surface area contributed by atoms with Crippen molar-refractivity contribution in [2.24, 2.45) is 11.3 Å². The summed E-state index contributed by atoms with van der Waals surface area (Å²) in [6, 6.07) is 0.150. The van der Waals surface area contributed by atoms with E-state index in [1.807, 2.05) is 13.8 Å². The Kier molecular flexibility index (Phi) is 5.87. The highest BCUT2D eigenvalue weighted by atomic mass is 32.2. The lowest BCUT2D eigenvalue weighted by Gasteiger charge is -2.41. The summed E-state index contributed by atoms with van der Waals surface area (Å²) < 4.78 is 25.2. The minimum atomic E-state index is -3.00. The Labute approximate surface area is 119 Å². The summed E-state index contributed by atoms with van der Waals surface area (Å²) in [5.74, 6) is 0.528. The van der Waals surface area contributed by atoms with E-state index in [0.717, 1.165) is 32.2 Å². The van der Waals surface area contributed by atoms with Crippen LogP contribution in [-0.4, -0.2) is 32.0 Å². The van der Waals surface area contributed by atoms with Gasteiger partial charge in [0.2, 0.25) is 0 Å². The molecule has 19 heavy (non-hydrogen) atoms. The molecule has 1 fully saturated rings. The second kappa shape index (κ2) is 6.57. The van der Waals surface area contributed by atoms with Crippen molar-refractivity contribution in [3.05, 3.63) is 0 Å². The van der Waals surface area contributed by atoms with Crippen molar-refractivity contribution in [2.45, 2.75) is 71.6 Å². The van der Waals surface area contributed by atoms with Crippen LogP contribution in [0.1, 0.15) is 60.3 Å². The Morgan fingerprint density at radius 1 is 1.32 bits per heavy atom. The number of sulfone groups is 1. The molecule has 0 aromatic carbocycles. The van der Waals surface area contributed by atoms with Gasteiger partial charge in [0.25, 0.3) is 0 Å². The van der Waals surface area contributed by atoms with Crippen LogP contribution in [0, 0.1) is 11.3 Å². The first-order valence-electron chi connectivity index (χ1n) is 7.63. The fourth-order valence-corrected chi connectivity index (χ4v) is 5.66. The van der Waals surface area contributed by atoms with Crippen LogP contribution in [-0.2, 0) is 9.84 Å². The Bertz CT molecular complexity index is 374. The third-order valence-corrected chi connectivity index (χ3v) is 6.57. The molecule has 0 amide bonds. The zero-order valence-electron chi connectivity index (χ0n) is 13.2. The van der Waals surface area contributed by atoms with Crippen molar-refractivity contribution in [2.75, 3.05) is 12.3 Å². The van der Waals surface area contributed by atoms with E-state index in [2.05, 4.69) is 26.1 Å². The molecular formula is C15H31NO2S. The monoisotopic (exact) mass is 289 g/mol. The zero-order chi connectivity index (χ0) is 14.7. The van der Waals surface area contributed by atoms with E-state index >= 15 is 0 Å². The molecule has 0 aliphatic heterocycles. The molecular weight excluding hydrogens is 258 g/mol. The van der Waals surface area contributed by atoms with Crippen LogP contribution in [0.15, 0.2) is 0 Å². The van der Waals surface area contributed by atoms with Gasteiger partial charge in [-0.1, -0.05) is 34.6 Å². The highest BCUT2D eigenvalue weighted by Crippen LogP contribution is 2.38. The lowest BCUT2D eigenvalue weighted by atomic mass is 9.75. The predicted octanol–water partition coefficient (Wildman–Crippen LogP) is 3.00. The quantitative estimate of drug-likeness (QED) is 0.817. The van der Waals surface area contributed by atoms with Crippen molar-refractivity contribution in [1.82, 2.24) is 5.32 Å². The van der Waals surface area contributed by atoms with Gasteiger partial charge in [0.05, 0.1) is 11.0 Å². The molecule has 0 spiro atoms. The first kappa shape index (κ1) is 17.0. The average Bonchev–Trinajstić information content (AvgIpc) is 2.25. The van der Waals surface area contributed by atoms with Gasteiger partial charge < -0.3 is 5.32 Å². The fraction of sp³-hybridized carbons (Fsp3) is 1.00. The summed E-state index contributed by atoms with van der Waals surface area (Å²) in [5.41, 5.74) is 0.152. The van der Waals surface area contributed by atoms with Crippen molar-refractivity contribution < 1.29 is 8.42 Å². The Morgan fingerprint density at radius 2 is 1.95 bits per heavy atom. The molecule has 0 saturated heterocycles. The van der Waals surface area contributed by atoms with Crippen molar-refractivity contribution in [3.63, 3.8) is 0 Å². The van der Waals surface area contributed by atoms with Crippen LogP contribution in [0.2, 0.25) is 0 Å². The summed E-state index contributed by atoms with van der Waals surface area (Å²) in [6.07, 6.45) is 3.94. The molecule has 1 N–H and O–H groups in total. The standard InChI is InChI=1S/C15H31NO2S/c1-6-9-16-13-7-8-15(4,5)10-14(13)19(17,18)11-12(2)3/h12-14,16H,6-11H2,1-5H3. The van der Waals surface area contributed by atoms with Crippen molar-refractivity contribution >= 4 is 9.84 Å². The Hall–Kier alpha value is -0.0900. The smallest absolute Gasteiger partial charge is 0.154 e. The van der Waals surface area contributed by atoms with E-state index in [0.29, 0.717) is 5.75 Å². The normalized spacial score (nSPS) is 27.7. The number of hydrogen-bond acceptors (Lipinski definition) is 3. The van der Waals surface area contributed by atoms with Gasteiger partial charge in [-0.2, -0.15) is 0 Å². The van der Waals surface area contributed by atoms with E-state index in [-0.39, 0.29) is 22.6 Å². The molecule has 0 aromatic rings. The third-order valence-electron chi connectivity index (χ3n) is 4.02. The first-order valence-corrected chi connectivity index (χ1v) is 9.34. The average molecular weight is 289 g/mol. The molecule has 0 aromatic heterocycles. The van der Waals surface area contributed by atoms with Crippen LogP contribution < -0.4 is 5.32 Å². The largest absolute Gasteiger partial charge is 0.313 e. The molecule has 2 atom stereocenters. The van der Waals surface area contributed by atoms with E-state index in [1.54, 1.807) is 0 Å². The molecule has 1 rings (SSSR count). The predicted molar refractivity (Wildman–Crippen MR) is 82.1 cm³/mol. The highest BCUT2D eigenvalue weighted by Gasteiger charge is 2.41.